The van der Waals surface area contributed by atoms with E-state index < -0.39 is 15.9 Å². The Morgan fingerprint density at radius 1 is 0.972 bits per heavy atom. The van der Waals surface area contributed by atoms with Gasteiger partial charge in [-0.05, 0) is 92.8 Å². The van der Waals surface area contributed by atoms with Crippen molar-refractivity contribution in [3.05, 3.63) is 88.7 Å². The molecule has 3 rings (SSSR count). The average molecular weight is 531 g/mol. The van der Waals surface area contributed by atoms with E-state index in [9.17, 15) is 17.6 Å². The van der Waals surface area contributed by atoms with Crippen LogP contribution < -0.4 is 10.0 Å². The second-order valence-corrected chi connectivity index (χ2v) is 10.5. The summed E-state index contributed by atoms with van der Waals surface area (Å²) in [6.45, 7) is 9.55. The zero-order chi connectivity index (χ0) is 25.8. The molecule has 192 valence electrons. The summed E-state index contributed by atoms with van der Waals surface area (Å²) in [5.41, 5.74) is 4.78. The first-order valence-corrected chi connectivity index (χ1v) is 13.0. The SMILES string of the molecule is CC/C(=C\c1cc(C)c(-c2ccc(NC(C)C)cc2F)cc1C)C(=O)NS(=O)(=O)c1ccccc1.Cl. The van der Waals surface area contributed by atoms with E-state index in [2.05, 4.69) is 10.0 Å². The van der Waals surface area contributed by atoms with E-state index in [1.807, 2.05) is 45.9 Å². The number of benzene rings is 3. The summed E-state index contributed by atoms with van der Waals surface area (Å²) in [6, 6.07) is 16.8. The number of hydrogen-bond donors (Lipinski definition) is 2. The monoisotopic (exact) mass is 530 g/mol. The molecular formula is C28H32ClFN2O3S. The lowest BCUT2D eigenvalue weighted by Crippen LogP contribution is -2.31. The third-order valence-corrected chi connectivity index (χ3v) is 6.96. The lowest BCUT2D eigenvalue weighted by molar-refractivity contribution is -0.115. The standard InChI is InChI=1S/C28H31FN2O3S.ClH/c1-6-21(28(32)31-35(33,34)24-10-8-7-9-11-24)16-22-14-20(5)26(15-19(22)4)25-13-12-23(17-27(25)29)30-18(2)3;/h7-18,30H,6H2,1-5H3,(H,31,32);1H/b21-16+;. The molecule has 0 fully saturated rings. The maximum absolute atomic E-state index is 14.9. The summed E-state index contributed by atoms with van der Waals surface area (Å²) in [7, 11) is -3.97. The van der Waals surface area contributed by atoms with Gasteiger partial charge >= 0.3 is 0 Å². The number of nitrogens with one attached hydrogen (secondary N) is 2. The van der Waals surface area contributed by atoms with Crippen LogP contribution in [0.5, 0.6) is 0 Å². The number of sulfonamides is 1. The van der Waals surface area contributed by atoms with E-state index >= 15 is 0 Å². The quantitative estimate of drug-likeness (QED) is 0.320. The minimum atomic E-state index is -3.97. The van der Waals surface area contributed by atoms with E-state index in [4.69, 9.17) is 0 Å². The summed E-state index contributed by atoms with van der Waals surface area (Å²) < 4.78 is 42.2. The van der Waals surface area contributed by atoms with Gasteiger partial charge in [-0.15, -0.1) is 12.4 Å². The smallest absolute Gasteiger partial charge is 0.264 e. The Hall–Kier alpha value is -3.16. The van der Waals surface area contributed by atoms with Gasteiger partial charge in [0, 0.05) is 22.9 Å². The molecule has 36 heavy (non-hydrogen) atoms. The zero-order valence-corrected chi connectivity index (χ0v) is 22.7. The molecule has 0 heterocycles. The van der Waals surface area contributed by atoms with Crippen LogP contribution in [0, 0.1) is 19.7 Å². The van der Waals surface area contributed by atoms with Gasteiger partial charge in [-0.25, -0.2) is 17.5 Å². The number of carbonyl (C=O) groups excluding carboxylic acids is 1. The van der Waals surface area contributed by atoms with Crippen LogP contribution >= 0.6 is 12.4 Å². The van der Waals surface area contributed by atoms with E-state index in [-0.39, 0.29) is 29.2 Å². The van der Waals surface area contributed by atoms with Crippen molar-refractivity contribution in [3.8, 4) is 11.1 Å². The van der Waals surface area contributed by atoms with E-state index in [1.165, 1.54) is 18.2 Å². The minimum absolute atomic E-state index is 0. The number of rotatable bonds is 8. The van der Waals surface area contributed by atoms with Crippen LogP contribution in [0.4, 0.5) is 10.1 Å². The van der Waals surface area contributed by atoms with Gasteiger partial charge in [-0.2, -0.15) is 0 Å². The normalized spacial score (nSPS) is 11.7. The summed E-state index contributed by atoms with van der Waals surface area (Å²) in [6.07, 6.45) is 2.03. The van der Waals surface area contributed by atoms with Gasteiger partial charge < -0.3 is 5.32 Å². The maximum atomic E-state index is 14.9. The highest BCUT2D eigenvalue weighted by Crippen LogP contribution is 2.31. The predicted octanol–water partition coefficient (Wildman–Crippen LogP) is 6.65. The highest BCUT2D eigenvalue weighted by Gasteiger charge is 2.20. The number of halogens is 2. The molecule has 0 aromatic heterocycles. The second-order valence-electron chi connectivity index (χ2n) is 8.79. The topological polar surface area (TPSA) is 75.3 Å². The first-order valence-electron chi connectivity index (χ1n) is 11.5. The van der Waals surface area contributed by atoms with Crippen LogP contribution in [0.2, 0.25) is 0 Å². The van der Waals surface area contributed by atoms with E-state index in [0.717, 1.165) is 27.9 Å². The van der Waals surface area contributed by atoms with Gasteiger partial charge in [0.25, 0.3) is 15.9 Å². The van der Waals surface area contributed by atoms with E-state index in [1.54, 1.807) is 37.3 Å². The second kappa shape index (κ2) is 12.2. The molecule has 0 aliphatic heterocycles. The van der Waals surface area contributed by atoms with Crippen molar-refractivity contribution in [1.29, 1.82) is 0 Å². The highest BCUT2D eigenvalue weighted by atomic mass is 35.5. The van der Waals surface area contributed by atoms with Crippen LogP contribution in [-0.4, -0.2) is 20.4 Å². The molecule has 8 heteroatoms. The van der Waals surface area contributed by atoms with Crippen molar-refractivity contribution in [2.75, 3.05) is 5.32 Å². The fourth-order valence-electron chi connectivity index (χ4n) is 3.80. The molecular weight excluding hydrogens is 499 g/mol. The lowest BCUT2D eigenvalue weighted by Gasteiger charge is -2.15. The Morgan fingerprint density at radius 3 is 2.22 bits per heavy atom. The van der Waals surface area contributed by atoms with Crippen LogP contribution in [-0.2, 0) is 14.8 Å². The maximum Gasteiger partial charge on any atom is 0.264 e. The van der Waals surface area contributed by atoms with Gasteiger partial charge in [-0.1, -0.05) is 37.3 Å². The van der Waals surface area contributed by atoms with Crippen molar-refractivity contribution in [1.82, 2.24) is 4.72 Å². The third kappa shape index (κ3) is 6.95. The Labute approximate surface area is 219 Å². The molecule has 0 unspecified atom stereocenters. The van der Waals surface area contributed by atoms with Gasteiger partial charge in [0.05, 0.1) is 4.90 Å². The molecule has 0 spiro atoms. The molecule has 0 aliphatic rings. The Kier molecular flexibility index (Phi) is 9.85. The Bertz CT molecular complexity index is 1370. The molecule has 5 nitrogen and oxygen atoms in total. The first kappa shape index (κ1) is 29.1. The number of aryl methyl sites for hydroxylation is 2. The van der Waals surface area contributed by atoms with Crippen LogP contribution in [0.15, 0.2) is 71.1 Å². The van der Waals surface area contributed by atoms with Gasteiger partial charge in [0.15, 0.2) is 0 Å². The molecule has 0 bridgehead atoms. The number of amides is 1. The summed E-state index contributed by atoms with van der Waals surface area (Å²) in [5.74, 6) is -0.988. The van der Waals surface area contributed by atoms with Crippen LogP contribution in [0.25, 0.3) is 17.2 Å². The number of carbonyl (C=O) groups is 1. The summed E-state index contributed by atoms with van der Waals surface area (Å²) >= 11 is 0. The van der Waals surface area contributed by atoms with E-state index in [0.29, 0.717) is 17.6 Å². The lowest BCUT2D eigenvalue weighted by atomic mass is 9.93. The molecule has 0 atom stereocenters. The van der Waals surface area contributed by atoms with Gasteiger partial charge in [0.2, 0.25) is 0 Å². The minimum Gasteiger partial charge on any atom is -0.383 e. The molecule has 0 radical (unpaired) electrons. The Balaban J connectivity index is 0.00000456. The molecule has 3 aromatic rings. The van der Waals surface area contributed by atoms with Gasteiger partial charge in [0.1, 0.15) is 5.82 Å². The van der Waals surface area contributed by atoms with Crippen molar-refractivity contribution in [2.24, 2.45) is 0 Å². The molecule has 0 saturated heterocycles. The van der Waals surface area contributed by atoms with Gasteiger partial charge in [-0.3, -0.25) is 4.79 Å². The number of anilines is 1. The largest absolute Gasteiger partial charge is 0.383 e. The zero-order valence-electron chi connectivity index (χ0n) is 21.1. The third-order valence-electron chi connectivity index (χ3n) is 5.61. The predicted molar refractivity (Wildman–Crippen MR) is 147 cm³/mol. The molecule has 0 aliphatic carbocycles. The van der Waals surface area contributed by atoms with Crippen molar-refractivity contribution >= 4 is 40.1 Å². The van der Waals surface area contributed by atoms with Crippen molar-refractivity contribution in [2.45, 2.75) is 52.0 Å². The summed E-state index contributed by atoms with van der Waals surface area (Å²) in [5, 5.41) is 3.20. The van der Waals surface area contributed by atoms with Crippen molar-refractivity contribution < 1.29 is 17.6 Å². The molecule has 1 amide bonds. The summed E-state index contributed by atoms with van der Waals surface area (Å²) in [4.78, 5) is 12.8. The first-order chi connectivity index (χ1) is 16.5. The molecule has 2 N–H and O–H groups in total. The molecule has 0 saturated carbocycles. The fourth-order valence-corrected chi connectivity index (χ4v) is 4.81. The molecule has 3 aromatic carbocycles. The fraction of sp³-hybridized carbons (Fsp3) is 0.250. The number of hydrogen-bond acceptors (Lipinski definition) is 4. The van der Waals surface area contributed by atoms with Crippen LogP contribution in [0.1, 0.15) is 43.9 Å². The average Bonchev–Trinajstić information content (AvgIpc) is 2.79. The highest BCUT2D eigenvalue weighted by molar-refractivity contribution is 7.90. The van der Waals surface area contributed by atoms with Crippen LogP contribution in [0.3, 0.4) is 0 Å². The Morgan fingerprint density at radius 2 is 1.64 bits per heavy atom. The van der Waals surface area contributed by atoms with Crippen molar-refractivity contribution in [3.63, 3.8) is 0 Å².